The van der Waals surface area contributed by atoms with E-state index in [1.807, 2.05) is 12.1 Å². The molecule has 0 aliphatic heterocycles. The van der Waals surface area contributed by atoms with E-state index in [1.54, 1.807) is 6.20 Å². The first-order chi connectivity index (χ1) is 12.6. The van der Waals surface area contributed by atoms with Gasteiger partial charge in [-0.3, -0.25) is 0 Å². The number of carbonyl (C=O) groups excluding carboxylic acids is 1. The van der Waals surface area contributed by atoms with Crippen molar-refractivity contribution >= 4 is 34.4 Å². The molecule has 2 N–H and O–H groups in total. The summed E-state index contributed by atoms with van der Waals surface area (Å²) >= 11 is 5.70. The number of hydrogen-bond acceptors (Lipinski definition) is 2. The van der Waals surface area contributed by atoms with Gasteiger partial charge in [-0.05, 0) is 48.7 Å². The van der Waals surface area contributed by atoms with Crippen molar-refractivity contribution in [2.45, 2.75) is 26.3 Å². The Morgan fingerprint density at radius 3 is 2.96 bits per heavy atom. The number of amides is 2. The minimum absolute atomic E-state index is 0.0932. The molecule has 0 atom stereocenters. The van der Waals surface area contributed by atoms with Gasteiger partial charge in [0.2, 0.25) is 0 Å². The second-order valence-corrected chi connectivity index (χ2v) is 6.41. The van der Waals surface area contributed by atoms with Gasteiger partial charge in [0, 0.05) is 35.9 Å². The number of rotatable bonds is 6. The molecule has 0 spiro atoms. The SMILES string of the molecule is CCCn1cc(CCNC(=O)Nc2ccc(Cl)cc2F)c2cccnc21. The molecule has 0 fully saturated rings. The van der Waals surface area contributed by atoms with Gasteiger partial charge >= 0.3 is 6.03 Å². The number of pyridine rings is 1. The number of hydrogen-bond donors (Lipinski definition) is 2. The maximum absolute atomic E-state index is 13.7. The van der Waals surface area contributed by atoms with Crippen molar-refractivity contribution in [2.75, 3.05) is 11.9 Å². The maximum atomic E-state index is 13.7. The topological polar surface area (TPSA) is 59.0 Å². The summed E-state index contributed by atoms with van der Waals surface area (Å²) in [5.74, 6) is -0.568. The fraction of sp³-hybridized carbons (Fsp3) is 0.263. The Bertz CT molecular complexity index is 925. The van der Waals surface area contributed by atoms with E-state index in [2.05, 4.69) is 33.3 Å². The summed E-state index contributed by atoms with van der Waals surface area (Å²) in [7, 11) is 0. The second-order valence-electron chi connectivity index (χ2n) is 5.98. The summed E-state index contributed by atoms with van der Waals surface area (Å²) in [6.07, 6.45) is 5.55. The summed E-state index contributed by atoms with van der Waals surface area (Å²) in [5, 5.41) is 6.61. The van der Waals surface area contributed by atoms with E-state index < -0.39 is 11.8 Å². The van der Waals surface area contributed by atoms with Crippen LogP contribution in [0.2, 0.25) is 5.02 Å². The molecule has 2 amide bonds. The van der Waals surface area contributed by atoms with Gasteiger partial charge in [0.05, 0.1) is 5.69 Å². The minimum atomic E-state index is -0.568. The number of nitrogens with one attached hydrogen (secondary N) is 2. The van der Waals surface area contributed by atoms with Crippen LogP contribution in [0, 0.1) is 5.82 Å². The highest BCUT2D eigenvalue weighted by atomic mass is 35.5. The summed E-state index contributed by atoms with van der Waals surface area (Å²) in [4.78, 5) is 16.4. The Kier molecular flexibility index (Phi) is 5.73. The molecule has 0 saturated carbocycles. The van der Waals surface area contributed by atoms with Crippen molar-refractivity contribution in [1.29, 1.82) is 0 Å². The average Bonchev–Trinajstić information content (AvgIpc) is 2.96. The zero-order valence-corrected chi connectivity index (χ0v) is 15.2. The van der Waals surface area contributed by atoms with E-state index in [0.29, 0.717) is 13.0 Å². The van der Waals surface area contributed by atoms with Crippen molar-refractivity contribution in [3.8, 4) is 0 Å². The number of urea groups is 1. The van der Waals surface area contributed by atoms with Crippen LogP contribution in [0.3, 0.4) is 0 Å². The molecule has 7 heteroatoms. The minimum Gasteiger partial charge on any atom is -0.338 e. The molecule has 3 rings (SSSR count). The summed E-state index contributed by atoms with van der Waals surface area (Å²) in [6.45, 7) is 3.45. The number of aryl methyl sites for hydroxylation is 1. The smallest absolute Gasteiger partial charge is 0.319 e. The van der Waals surface area contributed by atoms with E-state index in [4.69, 9.17) is 11.6 Å². The molecule has 1 aromatic carbocycles. The van der Waals surface area contributed by atoms with Gasteiger partial charge in [-0.15, -0.1) is 0 Å². The van der Waals surface area contributed by atoms with Crippen molar-refractivity contribution < 1.29 is 9.18 Å². The monoisotopic (exact) mass is 374 g/mol. The molecule has 136 valence electrons. The van der Waals surface area contributed by atoms with Crippen molar-refractivity contribution in [2.24, 2.45) is 0 Å². The van der Waals surface area contributed by atoms with Gasteiger partial charge in [-0.1, -0.05) is 18.5 Å². The molecule has 26 heavy (non-hydrogen) atoms. The van der Waals surface area contributed by atoms with E-state index in [0.717, 1.165) is 35.6 Å². The lowest BCUT2D eigenvalue weighted by atomic mass is 10.1. The van der Waals surface area contributed by atoms with Crippen LogP contribution in [0.4, 0.5) is 14.9 Å². The van der Waals surface area contributed by atoms with Gasteiger partial charge in [-0.2, -0.15) is 0 Å². The molecule has 2 aromatic heterocycles. The van der Waals surface area contributed by atoms with Gasteiger partial charge < -0.3 is 15.2 Å². The Hall–Kier alpha value is -2.60. The van der Waals surface area contributed by atoms with Crippen LogP contribution in [0.15, 0.2) is 42.7 Å². The molecule has 0 aliphatic rings. The lowest BCUT2D eigenvalue weighted by Gasteiger charge is -2.08. The molecular formula is C19H20ClFN4O. The molecule has 0 saturated heterocycles. The highest BCUT2D eigenvalue weighted by Gasteiger charge is 2.10. The van der Waals surface area contributed by atoms with Crippen molar-refractivity contribution in [3.63, 3.8) is 0 Å². The Morgan fingerprint density at radius 2 is 2.19 bits per heavy atom. The highest BCUT2D eigenvalue weighted by molar-refractivity contribution is 6.30. The number of aromatic nitrogens is 2. The first-order valence-corrected chi connectivity index (χ1v) is 8.89. The third-order valence-electron chi connectivity index (χ3n) is 4.04. The van der Waals surface area contributed by atoms with E-state index in [-0.39, 0.29) is 10.7 Å². The van der Waals surface area contributed by atoms with Crippen LogP contribution in [-0.2, 0) is 13.0 Å². The maximum Gasteiger partial charge on any atom is 0.319 e. The van der Waals surface area contributed by atoms with Crippen LogP contribution < -0.4 is 10.6 Å². The van der Waals surface area contributed by atoms with Crippen LogP contribution in [0.5, 0.6) is 0 Å². The fourth-order valence-electron chi connectivity index (χ4n) is 2.87. The largest absolute Gasteiger partial charge is 0.338 e. The zero-order chi connectivity index (χ0) is 18.5. The lowest BCUT2D eigenvalue weighted by Crippen LogP contribution is -2.30. The van der Waals surface area contributed by atoms with Gasteiger partial charge in [0.25, 0.3) is 0 Å². The third-order valence-corrected chi connectivity index (χ3v) is 4.28. The molecule has 5 nitrogen and oxygen atoms in total. The van der Waals surface area contributed by atoms with Crippen LogP contribution in [0.1, 0.15) is 18.9 Å². The third kappa shape index (κ3) is 4.14. The fourth-order valence-corrected chi connectivity index (χ4v) is 3.03. The Labute approximate surface area is 156 Å². The first kappa shape index (κ1) is 18.2. The summed E-state index contributed by atoms with van der Waals surface area (Å²) in [6, 6.07) is 7.60. The quantitative estimate of drug-likeness (QED) is 0.662. The van der Waals surface area contributed by atoms with Gasteiger partial charge in [0.1, 0.15) is 11.5 Å². The standard InChI is InChI=1S/C19H20ClFN4O/c1-2-10-25-12-13(15-4-3-8-22-18(15)25)7-9-23-19(26)24-17-6-5-14(20)11-16(17)21/h3-6,8,11-12H,2,7,9-10H2,1H3,(H2,23,24,26). The number of anilines is 1. The summed E-state index contributed by atoms with van der Waals surface area (Å²) < 4.78 is 15.8. The lowest BCUT2D eigenvalue weighted by molar-refractivity contribution is 0.252. The Morgan fingerprint density at radius 1 is 1.35 bits per heavy atom. The van der Waals surface area contributed by atoms with Crippen LogP contribution >= 0.6 is 11.6 Å². The molecule has 0 unspecified atom stereocenters. The molecule has 2 heterocycles. The normalized spacial score (nSPS) is 10.9. The van der Waals surface area contributed by atoms with Crippen LogP contribution in [0.25, 0.3) is 11.0 Å². The highest BCUT2D eigenvalue weighted by Crippen LogP contribution is 2.20. The molecule has 0 bridgehead atoms. The van der Waals surface area contributed by atoms with E-state index in [1.165, 1.54) is 12.1 Å². The van der Waals surface area contributed by atoms with Crippen LogP contribution in [-0.4, -0.2) is 22.1 Å². The number of nitrogens with zero attached hydrogens (tertiary/aromatic N) is 2. The molecular weight excluding hydrogens is 355 g/mol. The summed E-state index contributed by atoms with van der Waals surface area (Å²) in [5.41, 5.74) is 2.17. The number of fused-ring (bicyclic) bond motifs is 1. The first-order valence-electron chi connectivity index (χ1n) is 8.51. The number of carbonyl (C=O) groups is 1. The molecule has 3 aromatic rings. The van der Waals surface area contributed by atoms with Gasteiger partial charge in [0.15, 0.2) is 0 Å². The Balaban J connectivity index is 1.61. The average molecular weight is 375 g/mol. The predicted octanol–water partition coefficient (Wildman–Crippen LogP) is 4.60. The zero-order valence-electron chi connectivity index (χ0n) is 14.4. The van der Waals surface area contributed by atoms with E-state index in [9.17, 15) is 9.18 Å². The number of halogens is 2. The van der Waals surface area contributed by atoms with Crippen molar-refractivity contribution in [3.05, 3.63) is 59.1 Å². The van der Waals surface area contributed by atoms with Gasteiger partial charge in [-0.25, -0.2) is 14.2 Å². The molecule has 0 radical (unpaired) electrons. The second kappa shape index (κ2) is 8.19. The van der Waals surface area contributed by atoms with E-state index >= 15 is 0 Å². The molecule has 0 aliphatic carbocycles. The number of benzene rings is 1. The predicted molar refractivity (Wildman–Crippen MR) is 102 cm³/mol. The van der Waals surface area contributed by atoms with Crippen molar-refractivity contribution in [1.82, 2.24) is 14.9 Å².